The summed E-state index contributed by atoms with van der Waals surface area (Å²) in [5.74, 6) is 0.851. The van der Waals surface area contributed by atoms with Gasteiger partial charge in [-0.2, -0.15) is 0 Å². The van der Waals surface area contributed by atoms with Crippen molar-refractivity contribution in [1.82, 2.24) is 5.32 Å². The quantitative estimate of drug-likeness (QED) is 0.777. The number of aryl methyl sites for hydroxylation is 1. The monoisotopic (exact) mass is 287 g/mol. The second-order valence-electron chi connectivity index (χ2n) is 7.54. The van der Waals surface area contributed by atoms with Gasteiger partial charge in [0.05, 0.1) is 0 Å². The topological polar surface area (TPSA) is 12.0 Å². The van der Waals surface area contributed by atoms with Crippen molar-refractivity contribution in [3.63, 3.8) is 0 Å². The standard InChI is InChI=1S/C20H33N/c1-5-16-7-9-17(10-8-16)15-19(21-6-2)18-11-13-20(3,4)14-12-18/h7-10,18-19,21H,5-6,11-15H2,1-4H3. The molecule has 0 amide bonds. The SMILES string of the molecule is CCNC(Cc1ccc(CC)cc1)C1CCC(C)(C)CC1. The van der Waals surface area contributed by atoms with Crippen LogP contribution >= 0.6 is 0 Å². The molecule has 1 aliphatic carbocycles. The predicted molar refractivity (Wildman–Crippen MR) is 92.7 cm³/mol. The van der Waals surface area contributed by atoms with Gasteiger partial charge in [-0.3, -0.25) is 0 Å². The van der Waals surface area contributed by atoms with E-state index < -0.39 is 0 Å². The van der Waals surface area contributed by atoms with E-state index in [4.69, 9.17) is 0 Å². The molecule has 1 unspecified atom stereocenters. The van der Waals surface area contributed by atoms with Crippen LogP contribution < -0.4 is 5.32 Å². The Hall–Kier alpha value is -0.820. The minimum atomic E-state index is 0.566. The average molecular weight is 287 g/mol. The van der Waals surface area contributed by atoms with Crippen LogP contribution in [0.15, 0.2) is 24.3 Å². The number of benzene rings is 1. The zero-order valence-corrected chi connectivity index (χ0v) is 14.4. The molecule has 118 valence electrons. The lowest BCUT2D eigenvalue weighted by molar-refractivity contribution is 0.161. The molecule has 21 heavy (non-hydrogen) atoms. The third-order valence-corrected chi connectivity index (χ3v) is 5.31. The lowest BCUT2D eigenvalue weighted by Crippen LogP contribution is -2.40. The maximum Gasteiger partial charge on any atom is 0.0136 e. The molecule has 0 aliphatic heterocycles. The Balaban J connectivity index is 1.98. The molecule has 2 rings (SSSR count). The van der Waals surface area contributed by atoms with Crippen molar-refractivity contribution in [3.8, 4) is 0 Å². The van der Waals surface area contributed by atoms with Crippen molar-refractivity contribution in [2.24, 2.45) is 11.3 Å². The maximum absolute atomic E-state index is 3.76. The number of hydrogen-bond acceptors (Lipinski definition) is 1. The number of nitrogens with one attached hydrogen (secondary N) is 1. The molecule has 1 aromatic carbocycles. The van der Waals surface area contributed by atoms with Gasteiger partial charge in [-0.25, -0.2) is 0 Å². The molecular weight excluding hydrogens is 254 g/mol. The lowest BCUT2D eigenvalue weighted by atomic mass is 9.70. The van der Waals surface area contributed by atoms with E-state index in [1.54, 1.807) is 0 Å². The fourth-order valence-corrected chi connectivity index (χ4v) is 3.66. The van der Waals surface area contributed by atoms with Crippen LogP contribution in [-0.4, -0.2) is 12.6 Å². The first-order chi connectivity index (χ1) is 10.0. The highest BCUT2D eigenvalue weighted by Crippen LogP contribution is 2.39. The smallest absolute Gasteiger partial charge is 0.0136 e. The summed E-state index contributed by atoms with van der Waals surface area (Å²) >= 11 is 0. The van der Waals surface area contributed by atoms with Crippen LogP contribution in [0.3, 0.4) is 0 Å². The molecule has 1 N–H and O–H groups in total. The van der Waals surface area contributed by atoms with Crippen molar-refractivity contribution in [2.75, 3.05) is 6.54 Å². The van der Waals surface area contributed by atoms with Gasteiger partial charge in [-0.15, -0.1) is 0 Å². The Morgan fingerprint density at radius 2 is 1.62 bits per heavy atom. The van der Waals surface area contributed by atoms with Crippen LogP contribution in [0.25, 0.3) is 0 Å². The van der Waals surface area contributed by atoms with E-state index in [0.29, 0.717) is 11.5 Å². The fourth-order valence-electron chi connectivity index (χ4n) is 3.66. The van der Waals surface area contributed by atoms with E-state index >= 15 is 0 Å². The Kier molecular flexibility index (Phi) is 5.87. The first kappa shape index (κ1) is 16.5. The zero-order valence-electron chi connectivity index (χ0n) is 14.4. The third kappa shape index (κ3) is 4.85. The molecule has 1 aromatic rings. The molecule has 0 saturated heterocycles. The Morgan fingerprint density at radius 3 is 2.14 bits per heavy atom. The third-order valence-electron chi connectivity index (χ3n) is 5.31. The molecule has 1 nitrogen and oxygen atoms in total. The maximum atomic E-state index is 3.76. The van der Waals surface area contributed by atoms with Crippen LogP contribution in [0.2, 0.25) is 0 Å². The van der Waals surface area contributed by atoms with E-state index in [-0.39, 0.29) is 0 Å². The van der Waals surface area contributed by atoms with Gasteiger partial charge < -0.3 is 5.32 Å². The number of hydrogen-bond donors (Lipinski definition) is 1. The molecule has 0 bridgehead atoms. The van der Waals surface area contributed by atoms with Gasteiger partial charge in [0, 0.05) is 6.04 Å². The van der Waals surface area contributed by atoms with E-state index in [2.05, 4.69) is 57.3 Å². The first-order valence-electron chi connectivity index (χ1n) is 8.85. The highest BCUT2D eigenvalue weighted by Gasteiger charge is 2.30. The van der Waals surface area contributed by atoms with Gasteiger partial charge in [-0.1, -0.05) is 52.0 Å². The summed E-state index contributed by atoms with van der Waals surface area (Å²) < 4.78 is 0. The molecular formula is C20H33N. The number of likely N-dealkylation sites (N-methyl/N-ethyl adjacent to an activating group) is 1. The summed E-state index contributed by atoms with van der Waals surface area (Å²) in [7, 11) is 0. The fraction of sp³-hybridized carbons (Fsp3) is 0.700. The second-order valence-corrected chi connectivity index (χ2v) is 7.54. The van der Waals surface area contributed by atoms with Gasteiger partial charge in [-0.05, 0) is 67.5 Å². The van der Waals surface area contributed by atoms with E-state index in [1.165, 1.54) is 43.2 Å². The van der Waals surface area contributed by atoms with Crippen LogP contribution in [0.5, 0.6) is 0 Å². The molecule has 1 saturated carbocycles. The zero-order chi connectivity index (χ0) is 15.3. The summed E-state index contributed by atoms with van der Waals surface area (Å²) in [6.07, 6.45) is 7.86. The molecule has 1 aliphatic rings. The molecule has 1 fully saturated rings. The second kappa shape index (κ2) is 7.45. The van der Waals surface area contributed by atoms with Crippen LogP contribution in [0.1, 0.15) is 64.5 Å². The van der Waals surface area contributed by atoms with Crippen LogP contribution in [-0.2, 0) is 12.8 Å². The average Bonchev–Trinajstić information content (AvgIpc) is 2.48. The van der Waals surface area contributed by atoms with E-state index in [0.717, 1.165) is 18.9 Å². The Labute approximate surface area is 131 Å². The minimum absolute atomic E-state index is 0.566. The van der Waals surface area contributed by atoms with Crippen molar-refractivity contribution in [3.05, 3.63) is 35.4 Å². The lowest BCUT2D eigenvalue weighted by Gasteiger charge is -2.38. The summed E-state index contributed by atoms with van der Waals surface area (Å²) in [6, 6.07) is 9.90. The molecule has 0 radical (unpaired) electrons. The summed E-state index contributed by atoms with van der Waals surface area (Å²) in [6.45, 7) is 10.4. The van der Waals surface area contributed by atoms with Gasteiger partial charge >= 0.3 is 0 Å². The van der Waals surface area contributed by atoms with Gasteiger partial charge in [0.25, 0.3) is 0 Å². The van der Waals surface area contributed by atoms with Gasteiger partial charge in [0.2, 0.25) is 0 Å². The molecule has 1 heteroatoms. The Bertz CT molecular complexity index is 408. The molecule has 0 aromatic heterocycles. The van der Waals surface area contributed by atoms with E-state index in [9.17, 15) is 0 Å². The van der Waals surface area contributed by atoms with Crippen molar-refractivity contribution >= 4 is 0 Å². The molecule has 0 heterocycles. The minimum Gasteiger partial charge on any atom is -0.314 e. The van der Waals surface area contributed by atoms with Crippen molar-refractivity contribution in [2.45, 2.75) is 72.3 Å². The van der Waals surface area contributed by atoms with Gasteiger partial charge in [0.15, 0.2) is 0 Å². The summed E-state index contributed by atoms with van der Waals surface area (Å²) in [4.78, 5) is 0. The normalized spacial score (nSPS) is 20.4. The highest BCUT2D eigenvalue weighted by atomic mass is 14.9. The molecule has 0 spiro atoms. The first-order valence-corrected chi connectivity index (χ1v) is 8.85. The summed E-state index contributed by atoms with van der Waals surface area (Å²) in [5.41, 5.74) is 3.50. The van der Waals surface area contributed by atoms with Crippen molar-refractivity contribution in [1.29, 1.82) is 0 Å². The van der Waals surface area contributed by atoms with Crippen LogP contribution in [0, 0.1) is 11.3 Å². The van der Waals surface area contributed by atoms with Crippen molar-refractivity contribution < 1.29 is 0 Å². The molecule has 1 atom stereocenters. The van der Waals surface area contributed by atoms with Gasteiger partial charge in [0.1, 0.15) is 0 Å². The summed E-state index contributed by atoms with van der Waals surface area (Å²) in [5, 5.41) is 3.76. The predicted octanol–water partition coefficient (Wildman–Crippen LogP) is 4.99. The Morgan fingerprint density at radius 1 is 1.05 bits per heavy atom. The number of rotatable bonds is 6. The van der Waals surface area contributed by atoms with Crippen LogP contribution in [0.4, 0.5) is 0 Å². The largest absolute Gasteiger partial charge is 0.314 e. The van der Waals surface area contributed by atoms with E-state index in [1.807, 2.05) is 0 Å². The highest BCUT2D eigenvalue weighted by molar-refractivity contribution is 5.23.